The molecule has 1 spiro atoms. The molecule has 27 heavy (non-hydrogen) atoms. The number of alkyl halides is 3. The van der Waals surface area contributed by atoms with Crippen molar-refractivity contribution in [3.05, 3.63) is 29.8 Å². The number of benzene rings is 1. The van der Waals surface area contributed by atoms with Gasteiger partial charge in [0, 0.05) is 0 Å². The molecule has 0 unspecified atom stereocenters. The van der Waals surface area contributed by atoms with Crippen molar-refractivity contribution in [3.63, 3.8) is 0 Å². The summed E-state index contributed by atoms with van der Waals surface area (Å²) in [5, 5.41) is 13.1. The van der Waals surface area contributed by atoms with E-state index in [1.807, 2.05) is 0 Å². The van der Waals surface area contributed by atoms with Crippen LogP contribution in [0, 0.1) is 0 Å². The second-order valence-electron chi connectivity index (χ2n) is 6.97. The Kier molecular flexibility index (Phi) is 5.32. The van der Waals surface area contributed by atoms with Crippen LogP contribution in [0.1, 0.15) is 50.2 Å². The first-order chi connectivity index (χ1) is 12.7. The molecule has 1 heterocycles. The number of hydrogen-bond acceptors (Lipinski definition) is 4. The Balaban J connectivity index is 1.67. The number of amides is 3. The van der Waals surface area contributed by atoms with Crippen molar-refractivity contribution >= 4 is 11.9 Å². The summed E-state index contributed by atoms with van der Waals surface area (Å²) in [4.78, 5) is 26.1. The molecule has 2 N–H and O–H groups in total. The van der Waals surface area contributed by atoms with E-state index in [4.69, 9.17) is 0 Å². The molecule has 0 radical (unpaired) electrons. The first-order valence-electron chi connectivity index (χ1n) is 8.88. The molecular formula is C18H21F3N2O4. The van der Waals surface area contributed by atoms with Crippen LogP contribution in [0.4, 0.5) is 18.0 Å². The number of β-amino-alcohol motifs (C(OH)–C–C–N with tert-alkyl or cyclic N) is 1. The lowest BCUT2D eigenvalue weighted by Crippen LogP contribution is -2.46. The van der Waals surface area contributed by atoms with Crippen molar-refractivity contribution in [1.82, 2.24) is 10.2 Å². The largest absolute Gasteiger partial charge is 0.573 e. The average molecular weight is 386 g/mol. The predicted octanol–water partition coefficient (Wildman–Crippen LogP) is 3.26. The molecule has 148 valence electrons. The van der Waals surface area contributed by atoms with E-state index in [1.54, 1.807) is 0 Å². The van der Waals surface area contributed by atoms with Gasteiger partial charge in [0.1, 0.15) is 11.3 Å². The Morgan fingerprint density at radius 3 is 2.26 bits per heavy atom. The fourth-order valence-electron chi connectivity index (χ4n) is 3.68. The highest BCUT2D eigenvalue weighted by Gasteiger charge is 2.50. The molecule has 1 aromatic rings. The summed E-state index contributed by atoms with van der Waals surface area (Å²) in [7, 11) is 0. The van der Waals surface area contributed by atoms with Crippen LogP contribution in [0.3, 0.4) is 0 Å². The van der Waals surface area contributed by atoms with Crippen molar-refractivity contribution < 1.29 is 32.6 Å². The van der Waals surface area contributed by atoms with E-state index in [1.165, 1.54) is 12.1 Å². The van der Waals surface area contributed by atoms with Crippen LogP contribution in [-0.4, -0.2) is 40.4 Å². The minimum Gasteiger partial charge on any atom is -0.406 e. The number of carbonyl (C=O) groups excluding carboxylic acids is 2. The number of halogens is 3. The molecule has 2 aliphatic rings. The van der Waals surface area contributed by atoms with Crippen molar-refractivity contribution in [2.75, 3.05) is 6.54 Å². The van der Waals surface area contributed by atoms with Gasteiger partial charge in [-0.2, -0.15) is 0 Å². The molecule has 6 nitrogen and oxygen atoms in total. The number of nitrogens with one attached hydrogen (secondary N) is 1. The van der Waals surface area contributed by atoms with Crippen molar-refractivity contribution in [2.24, 2.45) is 0 Å². The zero-order chi connectivity index (χ0) is 19.7. The van der Waals surface area contributed by atoms with E-state index in [9.17, 15) is 27.9 Å². The molecule has 1 aliphatic carbocycles. The van der Waals surface area contributed by atoms with Crippen LogP contribution >= 0.6 is 0 Å². The minimum absolute atomic E-state index is 0.258. The third-order valence-corrected chi connectivity index (χ3v) is 5.06. The molecule has 9 heteroatoms. The number of aliphatic hydroxyl groups excluding tert-OH is 1. The van der Waals surface area contributed by atoms with Gasteiger partial charge >= 0.3 is 12.4 Å². The highest BCUT2D eigenvalue weighted by Crippen LogP contribution is 2.33. The molecule has 0 bridgehead atoms. The van der Waals surface area contributed by atoms with E-state index in [0.29, 0.717) is 12.8 Å². The standard InChI is InChI=1S/C18H21F3N2O4/c19-18(20,21)27-13-7-5-12(6-8-13)14(24)11-23-15(25)17(22-16(23)26)9-3-1-2-4-10-17/h5-8,14,24H,1-4,9-11H2,(H,22,26)/t14-/m1/s1. The van der Waals surface area contributed by atoms with Gasteiger partial charge in [-0.25, -0.2) is 4.79 Å². The van der Waals surface area contributed by atoms with Gasteiger partial charge < -0.3 is 15.2 Å². The maximum Gasteiger partial charge on any atom is 0.573 e. The van der Waals surface area contributed by atoms with Gasteiger partial charge in [-0.1, -0.05) is 37.8 Å². The number of imide groups is 1. The highest BCUT2D eigenvalue weighted by molar-refractivity contribution is 6.07. The molecule has 1 atom stereocenters. The molecule has 1 aliphatic heterocycles. The summed E-state index contributed by atoms with van der Waals surface area (Å²) >= 11 is 0. The summed E-state index contributed by atoms with van der Waals surface area (Å²) in [5.74, 6) is -0.753. The Morgan fingerprint density at radius 1 is 1.11 bits per heavy atom. The monoisotopic (exact) mass is 386 g/mol. The van der Waals surface area contributed by atoms with Gasteiger partial charge in [-0.15, -0.1) is 13.2 Å². The quantitative estimate of drug-likeness (QED) is 0.779. The van der Waals surface area contributed by atoms with E-state index >= 15 is 0 Å². The predicted molar refractivity (Wildman–Crippen MR) is 88.8 cm³/mol. The first-order valence-corrected chi connectivity index (χ1v) is 8.88. The van der Waals surface area contributed by atoms with E-state index in [0.717, 1.165) is 42.7 Å². The second kappa shape index (κ2) is 7.38. The number of rotatable bonds is 4. The lowest BCUT2D eigenvalue weighted by atomic mass is 9.90. The summed E-state index contributed by atoms with van der Waals surface area (Å²) in [6, 6.07) is 4.14. The van der Waals surface area contributed by atoms with E-state index in [2.05, 4.69) is 10.1 Å². The topological polar surface area (TPSA) is 78.9 Å². The second-order valence-corrected chi connectivity index (χ2v) is 6.97. The summed E-state index contributed by atoms with van der Waals surface area (Å²) in [5.41, 5.74) is -0.607. The Hall–Kier alpha value is -2.29. The molecule has 1 saturated carbocycles. The van der Waals surface area contributed by atoms with Crippen LogP contribution in [0.2, 0.25) is 0 Å². The summed E-state index contributed by atoms with van der Waals surface area (Å²) in [6.07, 6.45) is -1.12. The van der Waals surface area contributed by atoms with Crippen LogP contribution in [0.15, 0.2) is 24.3 Å². The smallest absolute Gasteiger partial charge is 0.406 e. The SMILES string of the molecule is O=C1NC2(CCCCCC2)C(=O)N1C[C@@H](O)c1ccc(OC(F)(F)F)cc1. The molecule has 3 amide bonds. The number of ether oxygens (including phenoxy) is 1. The van der Waals surface area contributed by atoms with Gasteiger partial charge in [0.15, 0.2) is 0 Å². The summed E-state index contributed by atoms with van der Waals surface area (Å²) in [6.45, 7) is -0.258. The number of aliphatic hydroxyl groups is 1. The molecule has 1 aromatic carbocycles. The fraction of sp³-hybridized carbons (Fsp3) is 0.556. The van der Waals surface area contributed by atoms with E-state index < -0.39 is 29.8 Å². The fourth-order valence-corrected chi connectivity index (χ4v) is 3.68. The molecular weight excluding hydrogens is 365 g/mol. The van der Waals surface area contributed by atoms with Crippen LogP contribution < -0.4 is 10.1 Å². The first kappa shape index (κ1) is 19.5. The Morgan fingerprint density at radius 2 is 1.70 bits per heavy atom. The van der Waals surface area contributed by atoms with Gasteiger partial charge in [0.05, 0.1) is 12.6 Å². The zero-order valence-electron chi connectivity index (χ0n) is 14.6. The van der Waals surface area contributed by atoms with Crippen LogP contribution in [0.5, 0.6) is 5.75 Å². The van der Waals surface area contributed by atoms with Crippen LogP contribution in [0.25, 0.3) is 0 Å². The average Bonchev–Trinajstić information content (AvgIpc) is 2.76. The lowest BCUT2D eigenvalue weighted by molar-refractivity contribution is -0.274. The summed E-state index contributed by atoms with van der Waals surface area (Å²) < 4.78 is 40.4. The molecule has 2 fully saturated rings. The van der Waals surface area contributed by atoms with Crippen molar-refractivity contribution in [1.29, 1.82) is 0 Å². The maximum atomic E-state index is 12.8. The molecule has 0 aromatic heterocycles. The number of hydrogen-bond donors (Lipinski definition) is 2. The van der Waals surface area contributed by atoms with Gasteiger partial charge in [0.25, 0.3) is 5.91 Å². The minimum atomic E-state index is -4.80. The van der Waals surface area contributed by atoms with Gasteiger partial charge in [-0.3, -0.25) is 9.69 Å². The number of carbonyl (C=O) groups is 2. The third kappa shape index (κ3) is 4.35. The number of nitrogens with zero attached hydrogens (tertiary/aromatic N) is 1. The van der Waals surface area contributed by atoms with Crippen LogP contribution in [-0.2, 0) is 4.79 Å². The maximum absolute atomic E-state index is 12.8. The van der Waals surface area contributed by atoms with Crippen molar-refractivity contribution in [3.8, 4) is 5.75 Å². The van der Waals surface area contributed by atoms with Gasteiger partial charge in [0.2, 0.25) is 0 Å². The zero-order valence-corrected chi connectivity index (χ0v) is 14.6. The van der Waals surface area contributed by atoms with Crippen molar-refractivity contribution in [2.45, 2.75) is 56.5 Å². The Labute approximate surface area is 154 Å². The lowest BCUT2D eigenvalue weighted by Gasteiger charge is -2.25. The normalized spacial score (nSPS) is 21.1. The highest BCUT2D eigenvalue weighted by atomic mass is 19.4. The van der Waals surface area contributed by atoms with E-state index in [-0.39, 0.29) is 18.0 Å². The van der Waals surface area contributed by atoms with Gasteiger partial charge in [-0.05, 0) is 30.5 Å². The molecule has 1 saturated heterocycles. The third-order valence-electron chi connectivity index (χ3n) is 5.06. The number of urea groups is 1. The Bertz CT molecular complexity index is 698. The molecule has 3 rings (SSSR count).